The molecule has 0 unspecified atom stereocenters. The molecule has 0 aromatic rings. The molecule has 0 fully saturated rings. The topological polar surface area (TPSA) is 20.3 Å². The van der Waals surface area contributed by atoms with E-state index in [0.29, 0.717) is 0 Å². The summed E-state index contributed by atoms with van der Waals surface area (Å²) in [6, 6.07) is 0. The van der Waals surface area contributed by atoms with Crippen LogP contribution in [0, 0.1) is 0 Å². The number of amides is 1. The minimum absolute atomic E-state index is 0.273. The quantitative estimate of drug-likeness (QED) is 0.272. The second-order valence-electron chi connectivity index (χ2n) is 7.34. The van der Waals surface area contributed by atoms with Gasteiger partial charge in [0.2, 0.25) is 5.91 Å². The predicted octanol–water partition coefficient (Wildman–Crippen LogP) is 6.73. The zero-order valence-electron chi connectivity index (χ0n) is 16.4. The van der Waals surface area contributed by atoms with Gasteiger partial charge in [0, 0.05) is 20.5 Å². The number of carbonyl (C=O) groups excluding carboxylic acids is 1. The van der Waals surface area contributed by atoms with Crippen LogP contribution in [0.1, 0.15) is 116 Å². The number of hydrogen-bond donors (Lipinski definition) is 0. The molecule has 23 heavy (non-hydrogen) atoms. The van der Waals surface area contributed by atoms with Crippen LogP contribution in [-0.4, -0.2) is 24.9 Å². The minimum atomic E-state index is 0.273. The van der Waals surface area contributed by atoms with Gasteiger partial charge in [0.25, 0.3) is 0 Å². The van der Waals surface area contributed by atoms with Crippen LogP contribution < -0.4 is 0 Å². The Balaban J connectivity index is 3.04. The first kappa shape index (κ1) is 22.5. The van der Waals surface area contributed by atoms with E-state index in [1.165, 1.54) is 96.3 Å². The van der Waals surface area contributed by atoms with E-state index >= 15 is 0 Å². The van der Waals surface area contributed by atoms with E-state index in [2.05, 4.69) is 6.92 Å². The van der Waals surface area contributed by atoms with Crippen molar-refractivity contribution in [2.45, 2.75) is 116 Å². The lowest BCUT2D eigenvalue weighted by molar-refractivity contribution is -0.128. The monoisotopic (exact) mass is 325 g/mol. The van der Waals surface area contributed by atoms with Crippen LogP contribution >= 0.6 is 0 Å². The van der Waals surface area contributed by atoms with Crippen LogP contribution in [0.5, 0.6) is 0 Å². The van der Waals surface area contributed by atoms with E-state index in [1.54, 1.807) is 4.90 Å². The van der Waals surface area contributed by atoms with Crippen molar-refractivity contribution in [3.05, 3.63) is 0 Å². The Bertz CT molecular complexity index is 250. The maximum Gasteiger partial charge on any atom is 0.222 e. The molecule has 0 rings (SSSR count). The van der Waals surface area contributed by atoms with Gasteiger partial charge in [-0.1, -0.05) is 103 Å². The maximum atomic E-state index is 11.4. The van der Waals surface area contributed by atoms with E-state index in [1.807, 2.05) is 14.1 Å². The van der Waals surface area contributed by atoms with Crippen molar-refractivity contribution in [3.63, 3.8) is 0 Å². The Morgan fingerprint density at radius 1 is 0.565 bits per heavy atom. The summed E-state index contributed by atoms with van der Waals surface area (Å²) in [5.74, 6) is 0.273. The molecule has 0 bridgehead atoms. The average molecular weight is 326 g/mol. The lowest BCUT2D eigenvalue weighted by Crippen LogP contribution is -2.20. The van der Waals surface area contributed by atoms with Crippen molar-refractivity contribution in [2.24, 2.45) is 0 Å². The molecule has 138 valence electrons. The highest BCUT2D eigenvalue weighted by Gasteiger charge is 2.02. The average Bonchev–Trinajstić information content (AvgIpc) is 2.54. The smallest absolute Gasteiger partial charge is 0.222 e. The molecule has 1 amide bonds. The number of carbonyl (C=O) groups is 1. The third-order valence-electron chi connectivity index (χ3n) is 4.74. The van der Waals surface area contributed by atoms with E-state index < -0.39 is 0 Å². The molecule has 0 heterocycles. The molecule has 0 spiro atoms. The standard InChI is InChI=1S/C21H43NO/c1-4-5-6-7-8-9-10-11-12-13-14-15-16-17-18-19-20-21(23)22(2)3/h4-20H2,1-3H3. The van der Waals surface area contributed by atoms with Gasteiger partial charge in [-0.15, -0.1) is 0 Å². The van der Waals surface area contributed by atoms with Gasteiger partial charge >= 0.3 is 0 Å². The molecule has 0 aromatic carbocycles. The predicted molar refractivity (Wildman–Crippen MR) is 103 cm³/mol. The molecule has 0 N–H and O–H groups in total. The summed E-state index contributed by atoms with van der Waals surface area (Å²) in [6.45, 7) is 2.28. The van der Waals surface area contributed by atoms with Crippen molar-refractivity contribution in [2.75, 3.05) is 14.1 Å². The van der Waals surface area contributed by atoms with Crippen LogP contribution in [0.4, 0.5) is 0 Å². The highest BCUT2D eigenvalue weighted by Crippen LogP contribution is 2.14. The molecule has 0 aliphatic carbocycles. The van der Waals surface area contributed by atoms with Crippen molar-refractivity contribution < 1.29 is 4.79 Å². The lowest BCUT2D eigenvalue weighted by Gasteiger charge is -2.09. The van der Waals surface area contributed by atoms with Crippen molar-refractivity contribution in [3.8, 4) is 0 Å². The molecular formula is C21H43NO. The van der Waals surface area contributed by atoms with Crippen LogP contribution in [-0.2, 0) is 4.79 Å². The fourth-order valence-electron chi connectivity index (χ4n) is 3.05. The molecule has 0 aliphatic heterocycles. The van der Waals surface area contributed by atoms with Crippen molar-refractivity contribution >= 4 is 5.91 Å². The van der Waals surface area contributed by atoms with E-state index in [0.717, 1.165) is 12.8 Å². The first-order valence-corrected chi connectivity index (χ1v) is 10.4. The summed E-state index contributed by atoms with van der Waals surface area (Å²) in [5, 5.41) is 0. The Kier molecular flexibility index (Phi) is 17.4. The molecule has 0 aromatic heterocycles. The first-order chi connectivity index (χ1) is 11.2. The first-order valence-electron chi connectivity index (χ1n) is 10.4. The molecule has 2 heteroatoms. The van der Waals surface area contributed by atoms with E-state index in [9.17, 15) is 4.79 Å². The second-order valence-corrected chi connectivity index (χ2v) is 7.34. The van der Waals surface area contributed by atoms with Gasteiger partial charge in [-0.3, -0.25) is 4.79 Å². The molecule has 0 saturated carbocycles. The summed E-state index contributed by atoms with van der Waals surface area (Å²) in [7, 11) is 3.68. The van der Waals surface area contributed by atoms with Crippen LogP contribution in [0.25, 0.3) is 0 Å². The Morgan fingerprint density at radius 2 is 0.870 bits per heavy atom. The molecular weight excluding hydrogens is 282 g/mol. The lowest BCUT2D eigenvalue weighted by atomic mass is 10.0. The molecule has 2 nitrogen and oxygen atoms in total. The van der Waals surface area contributed by atoms with Crippen LogP contribution in [0.3, 0.4) is 0 Å². The van der Waals surface area contributed by atoms with Gasteiger partial charge in [-0.2, -0.15) is 0 Å². The number of unbranched alkanes of at least 4 members (excludes halogenated alkanes) is 15. The Labute approximate surface area is 146 Å². The zero-order chi connectivity index (χ0) is 17.2. The van der Waals surface area contributed by atoms with Gasteiger partial charge in [-0.25, -0.2) is 0 Å². The Hall–Kier alpha value is -0.530. The molecule has 0 radical (unpaired) electrons. The summed E-state index contributed by atoms with van der Waals surface area (Å²) < 4.78 is 0. The van der Waals surface area contributed by atoms with Crippen molar-refractivity contribution in [1.82, 2.24) is 4.90 Å². The number of rotatable bonds is 17. The fraction of sp³-hybridized carbons (Fsp3) is 0.952. The van der Waals surface area contributed by atoms with Crippen molar-refractivity contribution in [1.29, 1.82) is 0 Å². The van der Waals surface area contributed by atoms with E-state index in [-0.39, 0.29) is 5.91 Å². The normalized spacial score (nSPS) is 10.9. The number of hydrogen-bond acceptors (Lipinski definition) is 1. The van der Waals surface area contributed by atoms with Gasteiger partial charge in [0.15, 0.2) is 0 Å². The van der Waals surface area contributed by atoms with Crippen LogP contribution in [0.2, 0.25) is 0 Å². The van der Waals surface area contributed by atoms with Gasteiger partial charge in [0.05, 0.1) is 0 Å². The Morgan fingerprint density at radius 3 is 1.17 bits per heavy atom. The highest BCUT2D eigenvalue weighted by atomic mass is 16.2. The third kappa shape index (κ3) is 17.7. The minimum Gasteiger partial charge on any atom is -0.349 e. The summed E-state index contributed by atoms with van der Waals surface area (Å²) in [4.78, 5) is 13.1. The summed E-state index contributed by atoms with van der Waals surface area (Å²) >= 11 is 0. The van der Waals surface area contributed by atoms with Crippen LogP contribution in [0.15, 0.2) is 0 Å². The van der Waals surface area contributed by atoms with Gasteiger partial charge in [-0.05, 0) is 6.42 Å². The van der Waals surface area contributed by atoms with Gasteiger partial charge < -0.3 is 4.90 Å². The second kappa shape index (κ2) is 17.8. The molecule has 0 atom stereocenters. The van der Waals surface area contributed by atoms with E-state index in [4.69, 9.17) is 0 Å². The largest absolute Gasteiger partial charge is 0.349 e. The third-order valence-corrected chi connectivity index (χ3v) is 4.74. The highest BCUT2D eigenvalue weighted by molar-refractivity contribution is 5.75. The summed E-state index contributed by atoms with van der Waals surface area (Å²) in [6.07, 6.45) is 22.8. The molecule has 0 aliphatic rings. The van der Waals surface area contributed by atoms with Gasteiger partial charge in [0.1, 0.15) is 0 Å². The molecule has 0 saturated heterocycles. The summed E-state index contributed by atoms with van der Waals surface area (Å²) in [5.41, 5.74) is 0. The maximum absolute atomic E-state index is 11.4. The zero-order valence-corrected chi connectivity index (χ0v) is 16.4. The number of nitrogens with zero attached hydrogens (tertiary/aromatic N) is 1. The fourth-order valence-corrected chi connectivity index (χ4v) is 3.05. The SMILES string of the molecule is CCCCCCCCCCCCCCCCCCC(=O)N(C)C.